The van der Waals surface area contributed by atoms with Gasteiger partial charge in [-0.1, -0.05) is 121 Å². The summed E-state index contributed by atoms with van der Waals surface area (Å²) in [6.45, 7) is 2.56. The second-order valence-electron chi connectivity index (χ2n) is 7.89. The molecule has 0 atom stereocenters. The summed E-state index contributed by atoms with van der Waals surface area (Å²) >= 11 is 0. The van der Waals surface area contributed by atoms with E-state index in [9.17, 15) is 8.42 Å². The third-order valence-corrected chi connectivity index (χ3v) is 6.59. The van der Waals surface area contributed by atoms with E-state index in [-0.39, 0.29) is 31.8 Å². The third kappa shape index (κ3) is 16.1. The number of unbranched alkanes of at least 4 members (excludes halogenated alkanes) is 15. The minimum atomic E-state index is -3.58. The molecule has 0 saturated heterocycles. The van der Waals surface area contributed by atoms with Crippen molar-refractivity contribution in [3.63, 3.8) is 0 Å². The van der Waals surface area contributed by atoms with E-state index in [2.05, 4.69) is 6.92 Å². The molecular weight excluding hydrogens is 375 g/mol. The van der Waals surface area contributed by atoms with Crippen LogP contribution in [0.1, 0.15) is 111 Å². The van der Waals surface area contributed by atoms with E-state index in [0.717, 1.165) is 12.8 Å². The minimum absolute atomic E-state index is 0. The van der Waals surface area contributed by atoms with Crippen LogP contribution in [-0.2, 0) is 14.3 Å². The van der Waals surface area contributed by atoms with E-state index < -0.39 is 10.1 Å². The maximum absolute atomic E-state index is 12.0. The number of rotatable bonds is 19. The van der Waals surface area contributed by atoms with Crippen LogP contribution < -0.4 is 18.9 Å². The SMILES string of the molecule is CCCCCCCCCCCCCCCCCCOS(=O)(=O)c1ccccc1.[H-].[Li+]. The van der Waals surface area contributed by atoms with E-state index in [1.807, 2.05) is 0 Å². The van der Waals surface area contributed by atoms with Gasteiger partial charge in [0.1, 0.15) is 0 Å². The quantitative estimate of drug-likeness (QED) is 0.185. The molecule has 0 saturated carbocycles. The molecule has 1 aromatic carbocycles. The molecule has 0 aliphatic carbocycles. The summed E-state index contributed by atoms with van der Waals surface area (Å²) in [6, 6.07) is 8.37. The van der Waals surface area contributed by atoms with Gasteiger partial charge in [0.25, 0.3) is 10.1 Å². The van der Waals surface area contributed by atoms with Gasteiger partial charge in [-0.15, -0.1) is 0 Å². The predicted molar refractivity (Wildman–Crippen MR) is 120 cm³/mol. The predicted octanol–water partition coefficient (Wildman–Crippen LogP) is 4.77. The van der Waals surface area contributed by atoms with E-state index in [1.54, 1.807) is 30.3 Å². The maximum Gasteiger partial charge on any atom is 1.00 e. The first kappa shape index (κ1) is 28.7. The smallest absolute Gasteiger partial charge is 1.00 e. The van der Waals surface area contributed by atoms with Gasteiger partial charge in [0.15, 0.2) is 0 Å². The molecule has 29 heavy (non-hydrogen) atoms. The van der Waals surface area contributed by atoms with Gasteiger partial charge in [-0.2, -0.15) is 8.42 Å². The largest absolute Gasteiger partial charge is 1.00 e. The average molecular weight is 419 g/mol. The monoisotopic (exact) mass is 418 g/mol. The molecule has 0 spiro atoms. The zero-order chi connectivity index (χ0) is 20.3. The molecule has 0 aliphatic rings. The molecule has 1 aromatic rings. The topological polar surface area (TPSA) is 43.4 Å². The van der Waals surface area contributed by atoms with Crippen LogP contribution in [0, 0.1) is 0 Å². The molecule has 0 radical (unpaired) electrons. The number of hydrogen-bond acceptors (Lipinski definition) is 3. The number of benzene rings is 1. The van der Waals surface area contributed by atoms with Crippen molar-refractivity contribution in [2.75, 3.05) is 6.61 Å². The Labute approximate surface area is 194 Å². The molecule has 0 bridgehead atoms. The van der Waals surface area contributed by atoms with Crippen LogP contribution in [0.5, 0.6) is 0 Å². The molecule has 0 unspecified atom stereocenters. The van der Waals surface area contributed by atoms with Crippen molar-refractivity contribution in [1.82, 2.24) is 0 Å². The Morgan fingerprint density at radius 2 is 1.03 bits per heavy atom. The van der Waals surface area contributed by atoms with E-state index in [4.69, 9.17) is 4.18 Å². The van der Waals surface area contributed by atoms with Crippen molar-refractivity contribution in [3.8, 4) is 0 Å². The normalized spacial score (nSPS) is 11.3. The van der Waals surface area contributed by atoms with Crippen LogP contribution in [0.3, 0.4) is 0 Å². The van der Waals surface area contributed by atoms with Crippen molar-refractivity contribution in [3.05, 3.63) is 30.3 Å². The average Bonchev–Trinajstić information content (AvgIpc) is 2.71. The molecule has 0 N–H and O–H groups in total. The molecule has 0 aliphatic heterocycles. The van der Waals surface area contributed by atoms with Crippen molar-refractivity contribution in [1.29, 1.82) is 0 Å². The Bertz CT molecular complexity index is 567. The van der Waals surface area contributed by atoms with Crippen LogP contribution in [0.2, 0.25) is 0 Å². The summed E-state index contributed by atoms with van der Waals surface area (Å²) in [4.78, 5) is 0.242. The number of hydrogen-bond donors (Lipinski definition) is 0. The van der Waals surface area contributed by atoms with Gasteiger partial charge in [0.2, 0.25) is 0 Å². The molecule has 164 valence electrons. The van der Waals surface area contributed by atoms with Gasteiger partial charge in [0.05, 0.1) is 11.5 Å². The van der Waals surface area contributed by atoms with E-state index in [0.29, 0.717) is 0 Å². The summed E-state index contributed by atoms with van der Waals surface area (Å²) in [6.07, 6.45) is 20.9. The van der Waals surface area contributed by atoms with Crippen LogP contribution in [0.25, 0.3) is 0 Å². The van der Waals surface area contributed by atoms with Gasteiger partial charge in [-0.3, -0.25) is 4.18 Å². The summed E-state index contributed by atoms with van der Waals surface area (Å²) in [5.74, 6) is 0. The van der Waals surface area contributed by atoms with E-state index >= 15 is 0 Å². The molecular formula is C24H43LiO3S. The van der Waals surface area contributed by atoms with Crippen molar-refractivity contribution in [2.24, 2.45) is 0 Å². The van der Waals surface area contributed by atoms with Gasteiger partial charge >= 0.3 is 18.9 Å². The Kier molecular flexibility index (Phi) is 19.5. The molecule has 0 aromatic heterocycles. The summed E-state index contributed by atoms with van der Waals surface area (Å²) in [7, 11) is -3.58. The molecule has 0 heterocycles. The van der Waals surface area contributed by atoms with Crippen molar-refractivity contribution < 1.29 is 32.9 Å². The third-order valence-electron chi connectivity index (χ3n) is 5.27. The van der Waals surface area contributed by atoms with Crippen LogP contribution >= 0.6 is 0 Å². The maximum atomic E-state index is 12.0. The zero-order valence-corrected chi connectivity index (χ0v) is 19.9. The Balaban J connectivity index is 0. The fourth-order valence-corrected chi connectivity index (χ4v) is 4.44. The summed E-state index contributed by atoms with van der Waals surface area (Å²) in [5.41, 5.74) is 0. The zero-order valence-electron chi connectivity index (χ0n) is 20.0. The van der Waals surface area contributed by atoms with Gasteiger partial charge in [-0.25, -0.2) is 0 Å². The molecule has 0 fully saturated rings. The van der Waals surface area contributed by atoms with Crippen LogP contribution in [-0.4, -0.2) is 15.0 Å². The second kappa shape index (κ2) is 19.7. The minimum Gasteiger partial charge on any atom is -1.00 e. The van der Waals surface area contributed by atoms with Gasteiger partial charge < -0.3 is 1.43 Å². The second-order valence-corrected chi connectivity index (χ2v) is 9.51. The summed E-state index contributed by atoms with van der Waals surface area (Å²) < 4.78 is 29.0. The fraction of sp³-hybridized carbons (Fsp3) is 0.750. The molecule has 1 rings (SSSR count). The molecule has 0 amide bonds. The first-order valence-corrected chi connectivity index (χ1v) is 13.0. The summed E-state index contributed by atoms with van der Waals surface area (Å²) in [5, 5.41) is 0. The van der Waals surface area contributed by atoms with Gasteiger partial charge in [0, 0.05) is 0 Å². The first-order chi connectivity index (χ1) is 13.7. The Morgan fingerprint density at radius 3 is 1.45 bits per heavy atom. The Hall–Kier alpha value is -0.273. The molecule has 3 nitrogen and oxygen atoms in total. The van der Waals surface area contributed by atoms with Crippen LogP contribution in [0.4, 0.5) is 0 Å². The van der Waals surface area contributed by atoms with Crippen LogP contribution in [0.15, 0.2) is 35.2 Å². The van der Waals surface area contributed by atoms with Gasteiger partial charge in [-0.05, 0) is 18.6 Å². The Morgan fingerprint density at radius 1 is 0.655 bits per heavy atom. The standard InChI is InChI=1S/C24H42O3S.Li.H/c1-2-3-4-5-6-7-8-9-10-11-12-13-14-15-16-20-23-27-28(25,26)24-21-18-17-19-22-24;;/h17-19,21-22H,2-16,20,23H2,1H3;;/q;+1;-1. The first-order valence-electron chi connectivity index (χ1n) is 11.6. The van der Waals surface area contributed by atoms with Crippen molar-refractivity contribution >= 4 is 10.1 Å². The molecule has 5 heteroatoms. The van der Waals surface area contributed by atoms with Crippen molar-refractivity contribution in [2.45, 2.75) is 115 Å². The fourth-order valence-electron chi connectivity index (χ4n) is 3.47. The van der Waals surface area contributed by atoms with E-state index in [1.165, 1.54) is 89.9 Å².